The Bertz CT molecular complexity index is 1050. The minimum Gasteiger partial charge on any atom is -0.361 e. The molecule has 0 unspecified atom stereocenters. The molecule has 5 nitrogen and oxygen atoms in total. The first kappa shape index (κ1) is 18.4. The number of nitrogens with zero attached hydrogens (tertiary/aromatic N) is 2. The second-order valence-electron chi connectivity index (χ2n) is 6.69. The number of carbonyl (C=O) groups excluding carboxylic acids is 1. The Morgan fingerprint density at radius 1 is 1.04 bits per heavy atom. The van der Waals surface area contributed by atoms with Crippen LogP contribution in [0.5, 0.6) is 0 Å². The standard InChI is InChI=1S/C22H22N4OS/c27-21(24-12-10-16-14-25-20-7-2-1-6-19(16)20)13-18-15-28-22(26-18)9-8-17-5-3-4-11-23-17/h1-7,11,14-15,25H,8-10,12-13H2,(H,24,27). The number of para-hydroxylation sites is 1. The maximum atomic E-state index is 12.2. The summed E-state index contributed by atoms with van der Waals surface area (Å²) in [6.07, 6.45) is 6.68. The number of carbonyl (C=O) groups is 1. The number of pyridine rings is 1. The monoisotopic (exact) mass is 390 g/mol. The van der Waals surface area contributed by atoms with Crippen molar-refractivity contribution in [3.05, 3.63) is 82.2 Å². The van der Waals surface area contributed by atoms with Crippen LogP contribution >= 0.6 is 11.3 Å². The molecule has 0 atom stereocenters. The van der Waals surface area contributed by atoms with Crippen molar-refractivity contribution in [3.63, 3.8) is 0 Å². The van der Waals surface area contributed by atoms with Crippen molar-refractivity contribution in [1.29, 1.82) is 0 Å². The van der Waals surface area contributed by atoms with E-state index >= 15 is 0 Å². The number of amides is 1. The van der Waals surface area contributed by atoms with Crippen molar-refractivity contribution in [2.45, 2.75) is 25.7 Å². The number of H-pyrrole nitrogens is 1. The highest BCUT2D eigenvalue weighted by Gasteiger charge is 2.09. The highest BCUT2D eigenvalue weighted by molar-refractivity contribution is 7.09. The van der Waals surface area contributed by atoms with E-state index in [1.54, 1.807) is 11.3 Å². The Morgan fingerprint density at radius 3 is 2.82 bits per heavy atom. The molecule has 0 aliphatic carbocycles. The number of fused-ring (bicyclic) bond motifs is 1. The number of aromatic nitrogens is 3. The van der Waals surface area contributed by atoms with Crippen LogP contribution in [0.25, 0.3) is 10.9 Å². The molecule has 4 rings (SSSR count). The van der Waals surface area contributed by atoms with E-state index in [1.165, 1.54) is 10.9 Å². The van der Waals surface area contributed by atoms with Gasteiger partial charge in [0.25, 0.3) is 0 Å². The second kappa shape index (κ2) is 8.80. The largest absolute Gasteiger partial charge is 0.361 e. The Morgan fingerprint density at radius 2 is 1.93 bits per heavy atom. The van der Waals surface area contributed by atoms with Gasteiger partial charge in [-0.1, -0.05) is 24.3 Å². The number of nitrogens with one attached hydrogen (secondary N) is 2. The minimum atomic E-state index is 0.0152. The first-order valence-electron chi connectivity index (χ1n) is 9.43. The molecule has 0 bridgehead atoms. The molecule has 28 heavy (non-hydrogen) atoms. The summed E-state index contributed by atoms with van der Waals surface area (Å²) in [6, 6.07) is 14.2. The number of thiazole rings is 1. The van der Waals surface area contributed by atoms with Gasteiger partial charge < -0.3 is 10.3 Å². The smallest absolute Gasteiger partial charge is 0.226 e. The van der Waals surface area contributed by atoms with Crippen LogP contribution in [0, 0.1) is 0 Å². The molecule has 3 heterocycles. The first-order valence-corrected chi connectivity index (χ1v) is 10.3. The Kier molecular flexibility index (Phi) is 5.77. The molecule has 1 aromatic carbocycles. The van der Waals surface area contributed by atoms with Crippen LogP contribution < -0.4 is 5.32 Å². The van der Waals surface area contributed by atoms with Gasteiger partial charge in [-0.3, -0.25) is 9.78 Å². The summed E-state index contributed by atoms with van der Waals surface area (Å²) in [7, 11) is 0. The molecule has 0 fully saturated rings. The normalized spacial score (nSPS) is 11.0. The van der Waals surface area contributed by atoms with Crippen LogP contribution in [0.15, 0.2) is 60.2 Å². The summed E-state index contributed by atoms with van der Waals surface area (Å²) in [4.78, 5) is 24.4. The van der Waals surface area contributed by atoms with Crippen molar-refractivity contribution < 1.29 is 4.79 Å². The predicted octanol–water partition coefficient (Wildman–Crippen LogP) is 3.71. The fourth-order valence-corrected chi connectivity index (χ4v) is 4.03. The zero-order valence-corrected chi connectivity index (χ0v) is 16.3. The predicted molar refractivity (Wildman–Crippen MR) is 112 cm³/mol. The zero-order valence-electron chi connectivity index (χ0n) is 15.5. The molecular formula is C22H22N4OS. The molecule has 1 amide bonds. The average Bonchev–Trinajstić information content (AvgIpc) is 3.34. The summed E-state index contributed by atoms with van der Waals surface area (Å²) in [5.41, 5.74) is 4.26. The summed E-state index contributed by atoms with van der Waals surface area (Å²) >= 11 is 1.61. The van der Waals surface area contributed by atoms with Gasteiger partial charge >= 0.3 is 0 Å². The number of aryl methyl sites for hydroxylation is 2. The minimum absolute atomic E-state index is 0.0152. The summed E-state index contributed by atoms with van der Waals surface area (Å²) in [5.74, 6) is 0.0152. The van der Waals surface area contributed by atoms with E-state index in [4.69, 9.17) is 0 Å². The van der Waals surface area contributed by atoms with Crippen LogP contribution in [0.1, 0.15) is 22.0 Å². The van der Waals surface area contributed by atoms with Gasteiger partial charge in [0.15, 0.2) is 0 Å². The lowest BCUT2D eigenvalue weighted by Gasteiger charge is -2.03. The van der Waals surface area contributed by atoms with Crippen molar-refractivity contribution in [3.8, 4) is 0 Å². The van der Waals surface area contributed by atoms with Crippen molar-refractivity contribution in [2.24, 2.45) is 0 Å². The third kappa shape index (κ3) is 4.64. The highest BCUT2D eigenvalue weighted by atomic mass is 32.1. The summed E-state index contributed by atoms with van der Waals surface area (Å²) in [5, 5.41) is 7.25. The first-order chi connectivity index (χ1) is 13.8. The maximum absolute atomic E-state index is 12.2. The Balaban J connectivity index is 1.23. The second-order valence-corrected chi connectivity index (χ2v) is 7.63. The maximum Gasteiger partial charge on any atom is 0.226 e. The van der Waals surface area contributed by atoms with Gasteiger partial charge in [0.1, 0.15) is 0 Å². The lowest BCUT2D eigenvalue weighted by Crippen LogP contribution is -2.27. The number of benzene rings is 1. The van der Waals surface area contributed by atoms with Crippen molar-refractivity contribution in [2.75, 3.05) is 6.54 Å². The third-order valence-corrected chi connectivity index (χ3v) is 5.61. The molecule has 0 aliphatic rings. The van der Waals surface area contributed by atoms with Gasteiger partial charge in [0, 0.05) is 47.3 Å². The van der Waals surface area contributed by atoms with Crippen molar-refractivity contribution in [1.82, 2.24) is 20.3 Å². The van der Waals surface area contributed by atoms with Gasteiger partial charge in [-0.25, -0.2) is 4.98 Å². The Labute approximate surface area is 167 Å². The van der Waals surface area contributed by atoms with Crippen LogP contribution in [0.4, 0.5) is 0 Å². The Hall–Kier alpha value is -2.99. The lowest BCUT2D eigenvalue weighted by molar-refractivity contribution is -0.120. The molecule has 0 saturated carbocycles. The number of rotatable bonds is 8. The van der Waals surface area contributed by atoms with Gasteiger partial charge in [-0.15, -0.1) is 11.3 Å². The van der Waals surface area contributed by atoms with Crippen LogP contribution in [-0.4, -0.2) is 27.4 Å². The molecule has 6 heteroatoms. The highest BCUT2D eigenvalue weighted by Crippen LogP contribution is 2.17. The van der Waals surface area contributed by atoms with E-state index in [9.17, 15) is 4.79 Å². The molecular weight excluding hydrogens is 368 g/mol. The molecule has 2 N–H and O–H groups in total. The molecule has 142 valence electrons. The zero-order chi connectivity index (χ0) is 19.2. The molecule has 3 aromatic heterocycles. The van der Waals surface area contributed by atoms with Crippen LogP contribution in [0.3, 0.4) is 0 Å². The van der Waals surface area contributed by atoms with Gasteiger partial charge in [0.2, 0.25) is 5.91 Å². The van der Waals surface area contributed by atoms with E-state index in [0.29, 0.717) is 13.0 Å². The fourth-order valence-electron chi connectivity index (χ4n) is 3.23. The van der Waals surface area contributed by atoms with Gasteiger partial charge in [-0.05, 0) is 36.6 Å². The van der Waals surface area contributed by atoms with Gasteiger partial charge in [-0.2, -0.15) is 0 Å². The molecule has 0 radical (unpaired) electrons. The molecule has 4 aromatic rings. The number of hydrogen-bond donors (Lipinski definition) is 2. The van der Waals surface area contributed by atoms with Crippen LogP contribution in [0.2, 0.25) is 0 Å². The SMILES string of the molecule is O=C(Cc1csc(CCc2ccccn2)n1)NCCc1c[nH]c2ccccc12. The van der Waals surface area contributed by atoms with Gasteiger partial charge in [0.05, 0.1) is 17.1 Å². The summed E-state index contributed by atoms with van der Waals surface area (Å²) in [6.45, 7) is 0.622. The van der Waals surface area contributed by atoms with E-state index in [2.05, 4.69) is 32.4 Å². The van der Waals surface area contributed by atoms with E-state index < -0.39 is 0 Å². The molecule has 0 saturated heterocycles. The van der Waals surface area contributed by atoms with E-state index in [1.807, 2.05) is 48.1 Å². The van der Waals surface area contributed by atoms with E-state index in [0.717, 1.165) is 41.2 Å². The topological polar surface area (TPSA) is 70.7 Å². The molecule has 0 spiro atoms. The lowest BCUT2D eigenvalue weighted by atomic mass is 10.1. The van der Waals surface area contributed by atoms with Crippen LogP contribution in [-0.2, 0) is 30.5 Å². The van der Waals surface area contributed by atoms with Crippen molar-refractivity contribution >= 4 is 28.1 Å². The van der Waals surface area contributed by atoms with E-state index in [-0.39, 0.29) is 5.91 Å². The average molecular weight is 391 g/mol. The fraction of sp³-hybridized carbons (Fsp3) is 0.227. The number of hydrogen-bond acceptors (Lipinski definition) is 4. The third-order valence-electron chi connectivity index (χ3n) is 4.65. The quantitative estimate of drug-likeness (QED) is 0.482. The number of aromatic amines is 1. The molecule has 0 aliphatic heterocycles. The summed E-state index contributed by atoms with van der Waals surface area (Å²) < 4.78 is 0.